The SMILES string of the molecule is CCCCCCCCCCCCCCCCOCCCOP(=O)(O)OC1C[N+]2(C)CCC1CC2. The van der Waals surface area contributed by atoms with Gasteiger partial charge in [-0.3, -0.25) is 9.05 Å². The Morgan fingerprint density at radius 2 is 1.26 bits per heavy atom. The van der Waals surface area contributed by atoms with Crippen molar-refractivity contribution < 1.29 is 27.7 Å². The molecule has 0 aromatic carbocycles. The van der Waals surface area contributed by atoms with E-state index in [1.165, 1.54) is 83.5 Å². The maximum absolute atomic E-state index is 12.3. The second-order valence-electron chi connectivity index (χ2n) is 11.1. The van der Waals surface area contributed by atoms with Crippen molar-refractivity contribution >= 4 is 7.82 Å². The minimum absolute atomic E-state index is 0.153. The van der Waals surface area contributed by atoms with E-state index in [0.29, 0.717) is 18.9 Å². The van der Waals surface area contributed by atoms with Crippen LogP contribution in [0.1, 0.15) is 116 Å². The summed E-state index contributed by atoms with van der Waals surface area (Å²) >= 11 is 0. The van der Waals surface area contributed by atoms with Gasteiger partial charge in [0.05, 0.1) is 26.7 Å². The molecule has 2 unspecified atom stereocenters. The Morgan fingerprint density at radius 3 is 1.79 bits per heavy atom. The summed E-state index contributed by atoms with van der Waals surface area (Å²) in [5.41, 5.74) is 0. The van der Waals surface area contributed by atoms with Crippen molar-refractivity contribution in [2.75, 3.05) is 46.5 Å². The molecule has 34 heavy (non-hydrogen) atoms. The molecule has 202 valence electrons. The van der Waals surface area contributed by atoms with Gasteiger partial charge < -0.3 is 14.1 Å². The molecule has 0 aromatic heterocycles. The van der Waals surface area contributed by atoms with Crippen LogP contribution in [-0.2, 0) is 18.3 Å². The van der Waals surface area contributed by atoms with Gasteiger partial charge in [0, 0.05) is 32.0 Å². The van der Waals surface area contributed by atoms with Gasteiger partial charge in [0.2, 0.25) is 0 Å². The first kappa shape index (κ1) is 30.3. The highest BCUT2D eigenvalue weighted by molar-refractivity contribution is 7.47. The molecule has 0 aromatic rings. The number of unbranched alkanes of at least 4 members (excludes halogenated alkanes) is 13. The van der Waals surface area contributed by atoms with Crippen LogP contribution in [0.4, 0.5) is 0 Å². The zero-order valence-electron chi connectivity index (χ0n) is 22.4. The van der Waals surface area contributed by atoms with Crippen molar-refractivity contribution in [1.29, 1.82) is 0 Å². The van der Waals surface area contributed by atoms with E-state index in [-0.39, 0.29) is 12.7 Å². The summed E-state index contributed by atoms with van der Waals surface area (Å²) < 4.78 is 29.7. The zero-order valence-corrected chi connectivity index (χ0v) is 23.3. The van der Waals surface area contributed by atoms with E-state index in [1.54, 1.807) is 0 Å². The number of phosphoric acid groups is 1. The first-order valence-corrected chi connectivity index (χ1v) is 16.0. The summed E-state index contributed by atoms with van der Waals surface area (Å²) in [7, 11) is -1.77. The number of quaternary nitrogens is 1. The van der Waals surface area contributed by atoms with Crippen LogP contribution in [0.15, 0.2) is 0 Å². The highest BCUT2D eigenvalue weighted by Gasteiger charge is 2.46. The van der Waals surface area contributed by atoms with Gasteiger partial charge in [-0.05, 0) is 12.8 Å². The maximum Gasteiger partial charge on any atom is 0.472 e. The Morgan fingerprint density at radius 1 is 0.765 bits per heavy atom. The fourth-order valence-corrected chi connectivity index (χ4v) is 6.51. The number of fused-ring (bicyclic) bond motifs is 3. The predicted octanol–water partition coefficient (Wildman–Crippen LogP) is 7.25. The van der Waals surface area contributed by atoms with Gasteiger partial charge in [-0.2, -0.15) is 0 Å². The quantitative estimate of drug-likeness (QED) is 0.0956. The lowest BCUT2D eigenvalue weighted by Gasteiger charge is -2.50. The van der Waals surface area contributed by atoms with Crippen molar-refractivity contribution in [2.24, 2.45) is 5.92 Å². The maximum atomic E-state index is 12.3. The van der Waals surface area contributed by atoms with Crippen molar-refractivity contribution in [2.45, 2.75) is 122 Å². The molecule has 1 N–H and O–H groups in total. The van der Waals surface area contributed by atoms with Crippen LogP contribution < -0.4 is 0 Å². The minimum atomic E-state index is -3.98. The lowest BCUT2D eigenvalue weighted by Crippen LogP contribution is -2.61. The molecule has 2 atom stereocenters. The number of likely N-dealkylation sites (N-methyl/N-ethyl adjacent to an activating group) is 1. The molecule has 3 fully saturated rings. The van der Waals surface area contributed by atoms with Crippen LogP contribution >= 0.6 is 7.82 Å². The number of hydrogen-bond acceptors (Lipinski definition) is 4. The molecular weight excluding hydrogens is 449 g/mol. The molecule has 6 nitrogen and oxygen atoms in total. The van der Waals surface area contributed by atoms with Crippen molar-refractivity contribution in [1.82, 2.24) is 0 Å². The monoisotopic (exact) mass is 504 g/mol. The third-order valence-electron chi connectivity index (χ3n) is 7.82. The number of piperidine rings is 3. The summed E-state index contributed by atoms with van der Waals surface area (Å²) in [5, 5.41) is 0. The van der Waals surface area contributed by atoms with Crippen LogP contribution in [0.3, 0.4) is 0 Å². The average Bonchev–Trinajstić information content (AvgIpc) is 2.80. The van der Waals surface area contributed by atoms with Gasteiger partial charge in [0.1, 0.15) is 12.6 Å². The average molecular weight is 505 g/mol. The largest absolute Gasteiger partial charge is 0.472 e. The van der Waals surface area contributed by atoms with E-state index in [4.69, 9.17) is 13.8 Å². The molecular formula is C27H55NO5P+. The predicted molar refractivity (Wildman–Crippen MR) is 140 cm³/mol. The van der Waals surface area contributed by atoms with Gasteiger partial charge in [-0.1, -0.05) is 90.4 Å². The van der Waals surface area contributed by atoms with Crippen LogP contribution in [0.5, 0.6) is 0 Å². The van der Waals surface area contributed by atoms with E-state index in [9.17, 15) is 9.46 Å². The summed E-state index contributed by atoms with van der Waals surface area (Å²) in [5.74, 6) is 0.400. The Labute approximate surface area is 210 Å². The van der Waals surface area contributed by atoms with Gasteiger partial charge in [-0.25, -0.2) is 4.57 Å². The summed E-state index contributed by atoms with van der Waals surface area (Å²) in [6, 6.07) is 0. The molecule has 0 aliphatic carbocycles. The molecule has 3 aliphatic heterocycles. The molecule has 3 rings (SSSR count). The smallest absolute Gasteiger partial charge is 0.381 e. The number of rotatable bonds is 22. The molecule has 2 bridgehead atoms. The van der Waals surface area contributed by atoms with Crippen molar-refractivity contribution in [3.05, 3.63) is 0 Å². The third kappa shape index (κ3) is 13.4. The molecule has 0 saturated carbocycles. The van der Waals surface area contributed by atoms with Crippen LogP contribution in [0.25, 0.3) is 0 Å². The molecule has 0 spiro atoms. The standard InChI is InChI=1S/C27H54NO5P/c1-3-4-5-6-7-8-9-10-11-12-13-14-15-16-22-31-23-17-24-32-34(29,30)33-27-25-28(2)20-18-26(27)19-21-28/h26-27H,3-25H2,1-2H3/p+1. The molecule has 3 saturated heterocycles. The number of phosphoric ester groups is 1. The van der Waals surface area contributed by atoms with Gasteiger partial charge in [0.25, 0.3) is 0 Å². The highest BCUT2D eigenvalue weighted by atomic mass is 31.2. The van der Waals surface area contributed by atoms with Crippen LogP contribution in [-0.4, -0.2) is 62.0 Å². The Balaban J connectivity index is 1.31. The zero-order chi connectivity index (χ0) is 24.5. The molecule has 0 radical (unpaired) electrons. The summed E-state index contributed by atoms with van der Waals surface area (Å²) in [4.78, 5) is 10.1. The molecule has 3 heterocycles. The van der Waals surface area contributed by atoms with E-state index in [0.717, 1.165) is 50.0 Å². The second kappa shape index (κ2) is 17.5. The highest BCUT2D eigenvalue weighted by Crippen LogP contribution is 2.48. The summed E-state index contributed by atoms with van der Waals surface area (Å²) in [6.45, 7) is 6.94. The van der Waals surface area contributed by atoms with Gasteiger partial charge in [0.15, 0.2) is 0 Å². The molecule has 3 aliphatic rings. The van der Waals surface area contributed by atoms with E-state index >= 15 is 0 Å². The Kier molecular flexibility index (Phi) is 15.6. The number of nitrogens with zero attached hydrogens (tertiary/aromatic N) is 1. The van der Waals surface area contributed by atoms with E-state index < -0.39 is 7.82 Å². The topological polar surface area (TPSA) is 65.0 Å². The third-order valence-corrected chi connectivity index (χ3v) is 8.87. The Hall–Kier alpha value is 0.0300. The summed E-state index contributed by atoms with van der Waals surface area (Å²) in [6.07, 6.45) is 21.6. The van der Waals surface area contributed by atoms with Crippen molar-refractivity contribution in [3.8, 4) is 0 Å². The lowest BCUT2D eigenvalue weighted by atomic mass is 9.84. The minimum Gasteiger partial charge on any atom is -0.381 e. The molecule has 7 heteroatoms. The van der Waals surface area contributed by atoms with Crippen LogP contribution in [0.2, 0.25) is 0 Å². The number of hydrogen-bond donors (Lipinski definition) is 1. The van der Waals surface area contributed by atoms with Crippen molar-refractivity contribution in [3.63, 3.8) is 0 Å². The number of ether oxygens (including phenoxy) is 1. The first-order valence-electron chi connectivity index (χ1n) is 14.5. The molecule has 0 amide bonds. The van der Waals surface area contributed by atoms with E-state index in [2.05, 4.69) is 14.0 Å². The first-order chi connectivity index (χ1) is 16.4. The second-order valence-corrected chi connectivity index (χ2v) is 12.5. The van der Waals surface area contributed by atoms with Gasteiger partial charge >= 0.3 is 7.82 Å². The van der Waals surface area contributed by atoms with Crippen LogP contribution in [0, 0.1) is 5.92 Å². The fraction of sp³-hybridized carbons (Fsp3) is 1.00. The van der Waals surface area contributed by atoms with E-state index in [1.807, 2.05) is 0 Å². The normalized spacial score (nSPS) is 26.1. The fourth-order valence-electron chi connectivity index (χ4n) is 5.51. The lowest BCUT2D eigenvalue weighted by molar-refractivity contribution is -0.928. The Bertz CT molecular complexity index is 553. The van der Waals surface area contributed by atoms with Gasteiger partial charge in [-0.15, -0.1) is 0 Å².